The van der Waals surface area contributed by atoms with Gasteiger partial charge in [0.15, 0.2) is 0 Å². The normalized spacial score (nSPS) is 11.0. The molecule has 4 heteroatoms. The lowest BCUT2D eigenvalue weighted by Crippen LogP contribution is -2.12. The Morgan fingerprint density at radius 2 is 1.95 bits per heavy atom. The largest absolute Gasteiger partial charge is 0.477 e. The van der Waals surface area contributed by atoms with Crippen LogP contribution in [0.1, 0.15) is 35.9 Å². The van der Waals surface area contributed by atoms with E-state index in [-0.39, 0.29) is 17.6 Å². The summed E-state index contributed by atoms with van der Waals surface area (Å²) in [5.41, 5.74) is 2.02. The van der Waals surface area contributed by atoms with Crippen molar-refractivity contribution in [1.29, 1.82) is 0 Å². The minimum atomic E-state index is -1.01. The maximum Gasteiger partial charge on any atom is 0.352 e. The fourth-order valence-corrected chi connectivity index (χ4v) is 2.23. The molecular formula is C15H16FNO2. The van der Waals surface area contributed by atoms with E-state index in [4.69, 9.17) is 0 Å². The fraction of sp³-hybridized carbons (Fsp3) is 0.267. The molecule has 0 unspecified atom stereocenters. The second kappa shape index (κ2) is 4.88. The van der Waals surface area contributed by atoms with Crippen molar-refractivity contribution < 1.29 is 14.3 Å². The molecule has 0 saturated carbocycles. The molecule has 0 aliphatic carbocycles. The molecule has 0 radical (unpaired) electrons. The lowest BCUT2D eigenvalue weighted by Gasteiger charge is -2.16. The number of nitrogens with zero attached hydrogens (tertiary/aromatic N) is 1. The Labute approximate surface area is 111 Å². The molecule has 2 rings (SSSR count). The summed E-state index contributed by atoms with van der Waals surface area (Å²) in [6, 6.07) is 8.06. The van der Waals surface area contributed by atoms with Crippen LogP contribution in [-0.2, 0) is 0 Å². The number of carboxylic acid groups (broad SMARTS) is 1. The van der Waals surface area contributed by atoms with Gasteiger partial charge in [0.25, 0.3) is 0 Å². The van der Waals surface area contributed by atoms with Crippen molar-refractivity contribution in [3.05, 3.63) is 47.4 Å². The number of benzene rings is 1. The molecule has 0 saturated heterocycles. The molecule has 100 valence electrons. The van der Waals surface area contributed by atoms with Gasteiger partial charge in [-0.2, -0.15) is 0 Å². The van der Waals surface area contributed by atoms with E-state index in [0.717, 1.165) is 5.56 Å². The quantitative estimate of drug-likeness (QED) is 0.911. The van der Waals surface area contributed by atoms with Gasteiger partial charge < -0.3 is 9.67 Å². The predicted octanol–water partition coefficient (Wildman–Crippen LogP) is 3.88. The SMILES string of the molecule is Cc1ccc(-c2ccc(C(=O)O)n2C(C)C)c(F)c1. The number of carboxylic acids is 1. The summed E-state index contributed by atoms with van der Waals surface area (Å²) in [7, 11) is 0. The zero-order chi connectivity index (χ0) is 14.2. The van der Waals surface area contributed by atoms with E-state index in [2.05, 4.69) is 0 Å². The van der Waals surface area contributed by atoms with Gasteiger partial charge in [-0.25, -0.2) is 9.18 Å². The Morgan fingerprint density at radius 1 is 1.26 bits per heavy atom. The van der Waals surface area contributed by atoms with Crippen molar-refractivity contribution in [2.75, 3.05) is 0 Å². The maximum atomic E-state index is 14.0. The van der Waals surface area contributed by atoms with Gasteiger partial charge in [0.2, 0.25) is 0 Å². The number of aromatic carboxylic acids is 1. The molecule has 0 fully saturated rings. The minimum absolute atomic E-state index is 0.0585. The highest BCUT2D eigenvalue weighted by Crippen LogP contribution is 2.29. The third-order valence-corrected chi connectivity index (χ3v) is 3.05. The molecule has 0 spiro atoms. The molecule has 0 aliphatic heterocycles. The summed E-state index contributed by atoms with van der Waals surface area (Å²) < 4.78 is 15.7. The van der Waals surface area contributed by atoms with E-state index < -0.39 is 5.97 Å². The van der Waals surface area contributed by atoms with Gasteiger partial charge in [0.1, 0.15) is 11.5 Å². The second-order valence-electron chi connectivity index (χ2n) is 4.86. The number of hydrogen-bond acceptors (Lipinski definition) is 1. The molecule has 0 bridgehead atoms. The molecule has 1 N–H and O–H groups in total. The fourth-order valence-electron chi connectivity index (χ4n) is 2.23. The lowest BCUT2D eigenvalue weighted by atomic mass is 10.1. The van der Waals surface area contributed by atoms with Crippen LogP contribution in [0.5, 0.6) is 0 Å². The van der Waals surface area contributed by atoms with Gasteiger partial charge in [0.05, 0.1) is 5.69 Å². The van der Waals surface area contributed by atoms with Crippen LogP contribution >= 0.6 is 0 Å². The van der Waals surface area contributed by atoms with E-state index in [9.17, 15) is 14.3 Å². The van der Waals surface area contributed by atoms with Crippen LogP contribution in [0.15, 0.2) is 30.3 Å². The van der Waals surface area contributed by atoms with Gasteiger partial charge in [-0.3, -0.25) is 0 Å². The Balaban J connectivity index is 2.65. The molecule has 3 nitrogen and oxygen atoms in total. The first kappa shape index (κ1) is 13.3. The van der Waals surface area contributed by atoms with Crippen LogP contribution in [0.2, 0.25) is 0 Å². The zero-order valence-corrected chi connectivity index (χ0v) is 11.1. The van der Waals surface area contributed by atoms with Crippen molar-refractivity contribution in [3.63, 3.8) is 0 Å². The first-order valence-corrected chi connectivity index (χ1v) is 6.13. The smallest absolute Gasteiger partial charge is 0.352 e. The lowest BCUT2D eigenvalue weighted by molar-refractivity contribution is 0.0683. The summed E-state index contributed by atoms with van der Waals surface area (Å²) in [5, 5.41) is 9.17. The van der Waals surface area contributed by atoms with Gasteiger partial charge in [0, 0.05) is 11.6 Å². The van der Waals surface area contributed by atoms with Crippen molar-refractivity contribution in [3.8, 4) is 11.3 Å². The monoisotopic (exact) mass is 261 g/mol. The van der Waals surface area contributed by atoms with Crippen molar-refractivity contribution >= 4 is 5.97 Å². The van der Waals surface area contributed by atoms with Gasteiger partial charge >= 0.3 is 5.97 Å². The average Bonchev–Trinajstić information content (AvgIpc) is 2.73. The number of hydrogen-bond donors (Lipinski definition) is 1. The third-order valence-electron chi connectivity index (χ3n) is 3.05. The Bertz CT molecular complexity index is 629. The first-order valence-electron chi connectivity index (χ1n) is 6.13. The number of aromatic nitrogens is 1. The first-order chi connectivity index (χ1) is 8.91. The van der Waals surface area contributed by atoms with E-state index in [1.807, 2.05) is 26.8 Å². The molecule has 0 amide bonds. The molecular weight excluding hydrogens is 245 g/mol. The van der Waals surface area contributed by atoms with Crippen LogP contribution in [0.25, 0.3) is 11.3 Å². The minimum Gasteiger partial charge on any atom is -0.477 e. The van der Waals surface area contributed by atoms with Crippen molar-refractivity contribution in [1.82, 2.24) is 4.57 Å². The van der Waals surface area contributed by atoms with E-state index >= 15 is 0 Å². The van der Waals surface area contributed by atoms with Gasteiger partial charge in [-0.15, -0.1) is 0 Å². The molecule has 0 atom stereocenters. The maximum absolute atomic E-state index is 14.0. The summed E-state index contributed by atoms with van der Waals surface area (Å²) in [6.45, 7) is 5.57. The standard InChI is InChI=1S/C15H16FNO2/c1-9(2)17-13(6-7-14(17)15(18)19)11-5-4-10(3)8-12(11)16/h4-9H,1-3H3,(H,18,19). The highest BCUT2D eigenvalue weighted by atomic mass is 19.1. The van der Waals surface area contributed by atoms with Crippen LogP contribution < -0.4 is 0 Å². The Kier molecular flexibility index (Phi) is 3.42. The van der Waals surface area contributed by atoms with Crippen molar-refractivity contribution in [2.24, 2.45) is 0 Å². The van der Waals surface area contributed by atoms with Crippen LogP contribution in [0, 0.1) is 12.7 Å². The molecule has 1 aromatic carbocycles. The molecule has 2 aromatic rings. The van der Waals surface area contributed by atoms with E-state index in [1.54, 1.807) is 16.7 Å². The predicted molar refractivity (Wildman–Crippen MR) is 71.9 cm³/mol. The van der Waals surface area contributed by atoms with E-state index in [0.29, 0.717) is 11.3 Å². The summed E-state index contributed by atoms with van der Waals surface area (Å²) in [6.07, 6.45) is 0. The average molecular weight is 261 g/mol. The Hall–Kier alpha value is -2.10. The highest BCUT2D eigenvalue weighted by molar-refractivity contribution is 5.87. The number of halogens is 1. The summed E-state index contributed by atoms with van der Waals surface area (Å²) in [4.78, 5) is 11.2. The van der Waals surface area contributed by atoms with Gasteiger partial charge in [-0.05, 0) is 50.6 Å². The van der Waals surface area contributed by atoms with Crippen LogP contribution in [0.3, 0.4) is 0 Å². The van der Waals surface area contributed by atoms with Crippen molar-refractivity contribution in [2.45, 2.75) is 26.8 Å². The second-order valence-corrected chi connectivity index (χ2v) is 4.86. The third kappa shape index (κ3) is 2.38. The molecule has 19 heavy (non-hydrogen) atoms. The topological polar surface area (TPSA) is 42.2 Å². The van der Waals surface area contributed by atoms with Crippen LogP contribution in [-0.4, -0.2) is 15.6 Å². The molecule has 1 aromatic heterocycles. The number of carbonyl (C=O) groups is 1. The number of rotatable bonds is 3. The van der Waals surface area contributed by atoms with Gasteiger partial charge in [-0.1, -0.05) is 6.07 Å². The highest BCUT2D eigenvalue weighted by Gasteiger charge is 2.19. The number of aryl methyl sites for hydroxylation is 1. The Morgan fingerprint density at radius 3 is 2.47 bits per heavy atom. The summed E-state index contributed by atoms with van der Waals surface area (Å²) >= 11 is 0. The van der Waals surface area contributed by atoms with Crippen LogP contribution in [0.4, 0.5) is 4.39 Å². The zero-order valence-electron chi connectivity index (χ0n) is 11.1. The summed E-state index contributed by atoms with van der Waals surface area (Å²) in [5.74, 6) is -1.34. The van der Waals surface area contributed by atoms with E-state index in [1.165, 1.54) is 12.1 Å². The molecule has 1 heterocycles. The molecule has 0 aliphatic rings.